The van der Waals surface area contributed by atoms with Gasteiger partial charge in [0.25, 0.3) is 0 Å². The third-order valence-electron chi connectivity index (χ3n) is 5.58. The van der Waals surface area contributed by atoms with Gasteiger partial charge in [-0.25, -0.2) is 0 Å². The molecule has 134 valence electrons. The first-order chi connectivity index (χ1) is 12.7. The van der Waals surface area contributed by atoms with Crippen molar-refractivity contribution in [3.8, 4) is 6.07 Å². The Morgan fingerprint density at radius 1 is 1.12 bits per heavy atom. The van der Waals surface area contributed by atoms with E-state index in [1.54, 1.807) is 12.1 Å². The van der Waals surface area contributed by atoms with E-state index in [-0.39, 0.29) is 11.9 Å². The number of carbonyl (C=O) groups excluding carboxylic acids is 1. The highest BCUT2D eigenvalue weighted by Gasteiger charge is 2.38. The van der Waals surface area contributed by atoms with Crippen LogP contribution in [-0.4, -0.2) is 46.3 Å². The summed E-state index contributed by atoms with van der Waals surface area (Å²) >= 11 is 0. The maximum absolute atomic E-state index is 12.9. The first-order valence-electron chi connectivity index (χ1n) is 9.27. The lowest BCUT2D eigenvalue weighted by Crippen LogP contribution is -2.46. The lowest BCUT2D eigenvalue weighted by Gasteiger charge is -2.35. The fraction of sp³-hybridized carbons (Fsp3) is 0.450. The van der Waals surface area contributed by atoms with Crippen LogP contribution in [0.15, 0.2) is 42.7 Å². The van der Waals surface area contributed by atoms with Gasteiger partial charge in [-0.15, -0.1) is 0 Å². The van der Waals surface area contributed by atoms with Crippen LogP contribution >= 0.6 is 0 Å². The molecule has 6 nitrogen and oxygen atoms in total. The Bertz CT molecular complexity index is 785. The minimum Gasteiger partial charge on any atom is -0.311 e. The molecular formula is C20H23N5O. The van der Waals surface area contributed by atoms with Crippen molar-refractivity contribution in [3.63, 3.8) is 0 Å². The van der Waals surface area contributed by atoms with Crippen LogP contribution in [-0.2, 0) is 11.3 Å². The first-order valence-corrected chi connectivity index (χ1v) is 9.27. The summed E-state index contributed by atoms with van der Waals surface area (Å²) in [6, 6.07) is 11.4. The first kappa shape index (κ1) is 16.8. The van der Waals surface area contributed by atoms with Crippen LogP contribution in [0, 0.1) is 17.2 Å². The molecule has 0 aliphatic carbocycles. The van der Waals surface area contributed by atoms with Crippen LogP contribution in [0.2, 0.25) is 0 Å². The van der Waals surface area contributed by atoms with Gasteiger partial charge < -0.3 is 4.90 Å². The summed E-state index contributed by atoms with van der Waals surface area (Å²) in [7, 11) is 0. The van der Waals surface area contributed by atoms with Gasteiger partial charge in [0.2, 0.25) is 5.91 Å². The zero-order valence-electron chi connectivity index (χ0n) is 14.8. The molecule has 2 fully saturated rings. The molecule has 2 aliphatic rings. The predicted octanol–water partition coefficient (Wildman–Crippen LogP) is 2.27. The molecule has 1 aromatic heterocycles. The van der Waals surface area contributed by atoms with Gasteiger partial charge >= 0.3 is 0 Å². The molecule has 2 saturated heterocycles. The topological polar surface area (TPSA) is 65.2 Å². The van der Waals surface area contributed by atoms with Crippen molar-refractivity contribution in [1.29, 1.82) is 5.26 Å². The molecule has 0 unspecified atom stereocenters. The molecule has 26 heavy (non-hydrogen) atoms. The van der Waals surface area contributed by atoms with Crippen molar-refractivity contribution in [2.75, 3.05) is 24.5 Å². The summed E-state index contributed by atoms with van der Waals surface area (Å²) in [6.07, 6.45) is 6.94. The molecule has 1 atom stereocenters. The van der Waals surface area contributed by atoms with E-state index in [0.29, 0.717) is 11.5 Å². The van der Waals surface area contributed by atoms with Crippen LogP contribution < -0.4 is 4.90 Å². The normalized spacial score (nSPS) is 21.9. The number of hydrogen-bond acceptors (Lipinski definition) is 4. The monoisotopic (exact) mass is 349 g/mol. The van der Waals surface area contributed by atoms with Crippen LogP contribution in [0.3, 0.4) is 0 Å². The SMILES string of the molecule is N#Cc1ccc(N2CC[C@H](N3CCC(Cn4cccn4)CC3)C2=O)cc1. The van der Waals surface area contributed by atoms with Gasteiger partial charge in [0.1, 0.15) is 0 Å². The van der Waals surface area contributed by atoms with E-state index < -0.39 is 0 Å². The maximum atomic E-state index is 12.9. The maximum Gasteiger partial charge on any atom is 0.244 e. The number of aromatic nitrogens is 2. The van der Waals surface area contributed by atoms with Gasteiger partial charge in [0.05, 0.1) is 17.7 Å². The summed E-state index contributed by atoms with van der Waals surface area (Å²) < 4.78 is 2.01. The van der Waals surface area contributed by atoms with Crippen LogP contribution in [0.4, 0.5) is 5.69 Å². The fourth-order valence-corrected chi connectivity index (χ4v) is 4.10. The van der Waals surface area contributed by atoms with Crippen LogP contribution in [0.5, 0.6) is 0 Å². The Balaban J connectivity index is 1.34. The molecule has 2 aliphatic heterocycles. The molecule has 3 heterocycles. The smallest absolute Gasteiger partial charge is 0.244 e. The minimum absolute atomic E-state index is 0.00343. The van der Waals surface area contributed by atoms with E-state index in [4.69, 9.17) is 5.26 Å². The standard InChI is InChI=1S/C20H23N5O/c21-14-16-2-4-18(5-3-16)25-13-8-19(20(25)26)23-11-6-17(7-12-23)15-24-10-1-9-22-24/h1-5,9-10,17,19H,6-8,11-13,15H2/t19-/m0/s1. The number of carbonyl (C=O) groups is 1. The van der Waals surface area contributed by atoms with E-state index >= 15 is 0 Å². The quantitative estimate of drug-likeness (QED) is 0.849. The van der Waals surface area contributed by atoms with Gasteiger partial charge in [0.15, 0.2) is 0 Å². The number of amides is 1. The summed E-state index contributed by atoms with van der Waals surface area (Å²) in [5, 5.41) is 13.2. The molecule has 2 aromatic rings. The molecular weight excluding hydrogens is 326 g/mol. The van der Waals surface area contributed by atoms with E-state index in [1.165, 1.54) is 0 Å². The number of nitrogens with zero attached hydrogens (tertiary/aromatic N) is 5. The third kappa shape index (κ3) is 3.35. The third-order valence-corrected chi connectivity index (χ3v) is 5.58. The summed E-state index contributed by atoms with van der Waals surface area (Å²) in [5.41, 5.74) is 1.52. The van der Waals surface area contributed by atoms with Crippen molar-refractivity contribution in [2.24, 2.45) is 5.92 Å². The van der Waals surface area contributed by atoms with Gasteiger partial charge in [-0.05, 0) is 68.6 Å². The number of hydrogen-bond donors (Lipinski definition) is 0. The average molecular weight is 349 g/mol. The Morgan fingerprint density at radius 2 is 1.88 bits per heavy atom. The summed E-state index contributed by atoms with van der Waals surface area (Å²) in [5.74, 6) is 0.831. The average Bonchev–Trinajstić information content (AvgIpc) is 3.32. The molecule has 0 N–H and O–H groups in total. The lowest BCUT2D eigenvalue weighted by atomic mass is 9.95. The number of benzene rings is 1. The Labute approximate surface area is 153 Å². The molecule has 0 bridgehead atoms. The Morgan fingerprint density at radius 3 is 2.54 bits per heavy atom. The zero-order chi connectivity index (χ0) is 17.9. The predicted molar refractivity (Wildman–Crippen MR) is 98.4 cm³/mol. The molecule has 0 spiro atoms. The van der Waals surface area contributed by atoms with Crippen molar-refractivity contribution in [3.05, 3.63) is 48.3 Å². The van der Waals surface area contributed by atoms with Crippen molar-refractivity contribution >= 4 is 11.6 Å². The Hall–Kier alpha value is -2.65. The zero-order valence-corrected chi connectivity index (χ0v) is 14.8. The summed E-state index contributed by atoms with van der Waals surface area (Å²) in [4.78, 5) is 17.1. The highest BCUT2D eigenvalue weighted by atomic mass is 16.2. The molecule has 0 saturated carbocycles. The van der Waals surface area contributed by atoms with Gasteiger partial charge in [-0.3, -0.25) is 14.4 Å². The number of piperidine rings is 1. The van der Waals surface area contributed by atoms with E-state index in [9.17, 15) is 4.79 Å². The number of rotatable bonds is 4. The van der Waals surface area contributed by atoms with Crippen LogP contribution in [0.1, 0.15) is 24.8 Å². The largest absolute Gasteiger partial charge is 0.311 e. The highest BCUT2D eigenvalue weighted by molar-refractivity contribution is 5.99. The second-order valence-electron chi connectivity index (χ2n) is 7.16. The van der Waals surface area contributed by atoms with Crippen LogP contribution in [0.25, 0.3) is 0 Å². The lowest BCUT2D eigenvalue weighted by molar-refractivity contribution is -0.122. The highest BCUT2D eigenvalue weighted by Crippen LogP contribution is 2.28. The summed E-state index contributed by atoms with van der Waals surface area (Å²) in [6.45, 7) is 3.67. The van der Waals surface area contributed by atoms with Gasteiger partial charge in [0, 0.05) is 31.2 Å². The molecule has 1 aromatic carbocycles. The fourth-order valence-electron chi connectivity index (χ4n) is 4.10. The second kappa shape index (κ2) is 7.30. The second-order valence-corrected chi connectivity index (χ2v) is 7.16. The van der Waals surface area contributed by atoms with Crippen molar-refractivity contribution in [2.45, 2.75) is 31.8 Å². The molecule has 1 amide bonds. The van der Waals surface area contributed by atoms with E-state index in [0.717, 1.165) is 51.1 Å². The Kier molecular flexibility index (Phi) is 4.72. The molecule has 0 radical (unpaired) electrons. The van der Waals surface area contributed by atoms with Gasteiger partial charge in [-0.1, -0.05) is 0 Å². The molecule has 6 heteroatoms. The van der Waals surface area contributed by atoms with Gasteiger partial charge in [-0.2, -0.15) is 10.4 Å². The number of nitriles is 1. The number of anilines is 1. The van der Waals surface area contributed by atoms with E-state index in [2.05, 4.69) is 16.1 Å². The van der Waals surface area contributed by atoms with Crippen molar-refractivity contribution in [1.82, 2.24) is 14.7 Å². The van der Waals surface area contributed by atoms with Crippen molar-refractivity contribution < 1.29 is 4.79 Å². The molecule has 4 rings (SSSR count). The number of likely N-dealkylation sites (tertiary alicyclic amines) is 1. The van der Waals surface area contributed by atoms with E-state index in [1.807, 2.05) is 40.2 Å². The minimum atomic E-state index is -0.00343.